The smallest absolute Gasteiger partial charge is 0.118 e. The Balaban J connectivity index is 2.12. The van der Waals surface area contributed by atoms with E-state index in [1.807, 2.05) is 43.0 Å². The van der Waals surface area contributed by atoms with Crippen LogP contribution in [-0.2, 0) is 6.54 Å². The van der Waals surface area contributed by atoms with Crippen LogP contribution in [0.25, 0.3) is 0 Å². The zero-order valence-corrected chi connectivity index (χ0v) is 11.1. The van der Waals surface area contributed by atoms with Gasteiger partial charge in [-0.05, 0) is 37.7 Å². The molecule has 2 rings (SSSR count). The third-order valence-corrected chi connectivity index (χ3v) is 3.01. The summed E-state index contributed by atoms with van der Waals surface area (Å²) in [6.07, 6.45) is 2.00. The Labute approximate surface area is 108 Å². The number of aromatic nitrogens is 2. The molecule has 0 saturated carbocycles. The van der Waals surface area contributed by atoms with Gasteiger partial charge in [0.05, 0.1) is 25.4 Å². The summed E-state index contributed by atoms with van der Waals surface area (Å²) in [5.41, 5.74) is 2.27. The van der Waals surface area contributed by atoms with Crippen LogP contribution in [0.15, 0.2) is 36.5 Å². The van der Waals surface area contributed by atoms with E-state index in [-0.39, 0.29) is 6.04 Å². The topological polar surface area (TPSA) is 39.1 Å². The molecule has 1 heterocycles. The molecular weight excluding hydrogens is 226 g/mol. The zero-order chi connectivity index (χ0) is 13.0. The normalized spacial score (nSPS) is 12.4. The zero-order valence-electron chi connectivity index (χ0n) is 11.1. The van der Waals surface area contributed by atoms with Crippen molar-refractivity contribution in [2.24, 2.45) is 0 Å². The van der Waals surface area contributed by atoms with Crippen LogP contribution >= 0.6 is 0 Å². The molecule has 1 aromatic heterocycles. The fourth-order valence-corrected chi connectivity index (χ4v) is 1.95. The van der Waals surface area contributed by atoms with E-state index in [1.165, 1.54) is 5.56 Å². The number of hydrogen-bond donors (Lipinski definition) is 1. The Morgan fingerprint density at radius 2 is 2.00 bits per heavy atom. The Morgan fingerprint density at radius 1 is 1.28 bits per heavy atom. The molecule has 0 aliphatic rings. The number of aryl methyl sites for hydroxylation is 1. The molecule has 1 N–H and O–H groups in total. The number of nitrogens with one attached hydrogen (secondary N) is 1. The third kappa shape index (κ3) is 2.90. The first-order chi connectivity index (χ1) is 8.72. The highest BCUT2D eigenvalue weighted by Gasteiger charge is 2.10. The van der Waals surface area contributed by atoms with Crippen molar-refractivity contribution in [1.82, 2.24) is 15.1 Å². The van der Waals surface area contributed by atoms with Crippen LogP contribution in [0.4, 0.5) is 0 Å². The summed E-state index contributed by atoms with van der Waals surface area (Å²) in [7, 11) is 3.64. The van der Waals surface area contributed by atoms with E-state index in [0.29, 0.717) is 0 Å². The lowest BCUT2D eigenvalue weighted by atomic mass is 10.1. The van der Waals surface area contributed by atoms with Crippen LogP contribution < -0.4 is 10.1 Å². The SMILES string of the molecule is CNC(Cn1ccc(C)n1)c1ccc(OC)cc1. The van der Waals surface area contributed by atoms with Crippen molar-refractivity contribution in [3.63, 3.8) is 0 Å². The minimum Gasteiger partial charge on any atom is -0.497 e. The second kappa shape index (κ2) is 5.69. The van der Waals surface area contributed by atoms with Crippen molar-refractivity contribution < 1.29 is 4.74 Å². The summed E-state index contributed by atoms with van der Waals surface area (Å²) >= 11 is 0. The molecule has 0 amide bonds. The van der Waals surface area contributed by atoms with Gasteiger partial charge < -0.3 is 10.1 Å². The number of ether oxygens (including phenoxy) is 1. The summed E-state index contributed by atoms with van der Waals surface area (Å²) in [4.78, 5) is 0. The van der Waals surface area contributed by atoms with Gasteiger partial charge in [-0.25, -0.2) is 0 Å². The molecule has 0 bridgehead atoms. The molecule has 0 spiro atoms. The highest BCUT2D eigenvalue weighted by atomic mass is 16.5. The highest BCUT2D eigenvalue weighted by molar-refractivity contribution is 5.29. The predicted molar refractivity (Wildman–Crippen MR) is 71.8 cm³/mol. The van der Waals surface area contributed by atoms with E-state index in [2.05, 4.69) is 22.5 Å². The summed E-state index contributed by atoms with van der Waals surface area (Å²) in [6, 6.07) is 10.4. The van der Waals surface area contributed by atoms with Crippen LogP contribution in [0.2, 0.25) is 0 Å². The predicted octanol–water partition coefficient (Wildman–Crippen LogP) is 2.16. The van der Waals surface area contributed by atoms with Gasteiger partial charge in [0.1, 0.15) is 5.75 Å². The number of rotatable bonds is 5. The molecule has 4 nitrogen and oxygen atoms in total. The number of nitrogens with zero attached hydrogens (tertiary/aromatic N) is 2. The van der Waals surface area contributed by atoms with Crippen molar-refractivity contribution in [1.29, 1.82) is 0 Å². The lowest BCUT2D eigenvalue weighted by Gasteiger charge is -2.17. The number of methoxy groups -OCH3 is 1. The Morgan fingerprint density at radius 3 is 2.50 bits per heavy atom. The molecule has 2 aromatic rings. The molecular formula is C14H19N3O. The Bertz CT molecular complexity index is 490. The maximum absolute atomic E-state index is 5.17. The molecule has 18 heavy (non-hydrogen) atoms. The van der Waals surface area contributed by atoms with Crippen LogP contribution in [0.1, 0.15) is 17.3 Å². The van der Waals surface area contributed by atoms with E-state index in [9.17, 15) is 0 Å². The second-order valence-corrected chi connectivity index (χ2v) is 4.29. The second-order valence-electron chi connectivity index (χ2n) is 4.29. The van der Waals surface area contributed by atoms with Crippen molar-refractivity contribution in [3.8, 4) is 5.75 Å². The Kier molecular flexibility index (Phi) is 3.99. The van der Waals surface area contributed by atoms with Crippen molar-refractivity contribution >= 4 is 0 Å². The largest absolute Gasteiger partial charge is 0.497 e. The van der Waals surface area contributed by atoms with Crippen LogP contribution in [0.5, 0.6) is 5.75 Å². The average Bonchev–Trinajstić information content (AvgIpc) is 2.82. The quantitative estimate of drug-likeness (QED) is 0.877. The standard InChI is InChI=1S/C14H19N3O/c1-11-8-9-17(16-11)10-14(15-2)12-4-6-13(18-3)7-5-12/h4-9,14-15H,10H2,1-3H3. The van der Waals surface area contributed by atoms with Crippen molar-refractivity contribution in [2.75, 3.05) is 14.2 Å². The summed E-state index contributed by atoms with van der Waals surface area (Å²) in [6.45, 7) is 2.81. The lowest BCUT2D eigenvalue weighted by molar-refractivity contribution is 0.413. The number of benzene rings is 1. The number of likely N-dealkylation sites (N-methyl/N-ethyl adjacent to an activating group) is 1. The molecule has 1 unspecified atom stereocenters. The first-order valence-corrected chi connectivity index (χ1v) is 6.04. The molecule has 0 fully saturated rings. The first-order valence-electron chi connectivity index (χ1n) is 6.04. The minimum absolute atomic E-state index is 0.246. The van der Waals surface area contributed by atoms with Gasteiger partial charge in [0.2, 0.25) is 0 Å². The van der Waals surface area contributed by atoms with Crippen LogP contribution in [0, 0.1) is 6.92 Å². The molecule has 0 radical (unpaired) electrons. The van der Waals surface area contributed by atoms with Gasteiger partial charge in [0, 0.05) is 6.20 Å². The van der Waals surface area contributed by atoms with E-state index in [1.54, 1.807) is 7.11 Å². The third-order valence-electron chi connectivity index (χ3n) is 3.01. The fourth-order valence-electron chi connectivity index (χ4n) is 1.95. The summed E-state index contributed by atoms with van der Waals surface area (Å²) in [5.74, 6) is 0.878. The molecule has 0 aliphatic carbocycles. The van der Waals surface area contributed by atoms with Gasteiger partial charge in [-0.1, -0.05) is 12.1 Å². The van der Waals surface area contributed by atoms with Gasteiger partial charge in [0.25, 0.3) is 0 Å². The molecule has 0 aliphatic heterocycles. The average molecular weight is 245 g/mol. The minimum atomic E-state index is 0.246. The van der Waals surface area contributed by atoms with Crippen molar-refractivity contribution in [3.05, 3.63) is 47.8 Å². The Hall–Kier alpha value is -1.81. The van der Waals surface area contributed by atoms with E-state index in [4.69, 9.17) is 4.74 Å². The highest BCUT2D eigenvalue weighted by Crippen LogP contribution is 2.18. The van der Waals surface area contributed by atoms with E-state index >= 15 is 0 Å². The van der Waals surface area contributed by atoms with Gasteiger partial charge in [-0.15, -0.1) is 0 Å². The van der Waals surface area contributed by atoms with E-state index in [0.717, 1.165) is 18.0 Å². The maximum atomic E-state index is 5.17. The molecule has 4 heteroatoms. The van der Waals surface area contributed by atoms with Gasteiger partial charge in [-0.3, -0.25) is 4.68 Å². The van der Waals surface area contributed by atoms with Gasteiger partial charge >= 0.3 is 0 Å². The van der Waals surface area contributed by atoms with Gasteiger partial charge in [-0.2, -0.15) is 5.10 Å². The lowest BCUT2D eigenvalue weighted by Crippen LogP contribution is -2.22. The van der Waals surface area contributed by atoms with Crippen LogP contribution in [-0.4, -0.2) is 23.9 Å². The molecule has 96 valence electrons. The van der Waals surface area contributed by atoms with Gasteiger partial charge in [0.15, 0.2) is 0 Å². The number of hydrogen-bond acceptors (Lipinski definition) is 3. The maximum Gasteiger partial charge on any atom is 0.118 e. The van der Waals surface area contributed by atoms with Crippen LogP contribution in [0.3, 0.4) is 0 Å². The molecule has 1 aromatic carbocycles. The summed E-state index contributed by atoms with van der Waals surface area (Å²) < 4.78 is 7.13. The molecule has 1 atom stereocenters. The van der Waals surface area contributed by atoms with Crippen molar-refractivity contribution in [2.45, 2.75) is 19.5 Å². The van der Waals surface area contributed by atoms with E-state index < -0.39 is 0 Å². The first kappa shape index (κ1) is 12.6. The molecule has 0 saturated heterocycles. The fraction of sp³-hybridized carbons (Fsp3) is 0.357. The summed E-state index contributed by atoms with van der Waals surface area (Å²) in [5, 5.41) is 7.72. The monoisotopic (exact) mass is 245 g/mol.